The third kappa shape index (κ3) is 5.99. The van der Waals surface area contributed by atoms with Crippen molar-refractivity contribution in [3.63, 3.8) is 0 Å². The van der Waals surface area contributed by atoms with Crippen LogP contribution in [0.3, 0.4) is 0 Å². The fourth-order valence-electron chi connectivity index (χ4n) is 4.84. The third-order valence-corrected chi connectivity index (χ3v) is 7.51. The van der Waals surface area contributed by atoms with Crippen LogP contribution in [-0.4, -0.2) is 65.4 Å². The van der Waals surface area contributed by atoms with Crippen molar-refractivity contribution in [1.29, 1.82) is 0 Å². The van der Waals surface area contributed by atoms with Gasteiger partial charge in [0.05, 0.1) is 7.11 Å². The molecule has 0 N–H and O–H groups in total. The molecule has 0 unspecified atom stereocenters. The lowest BCUT2D eigenvalue weighted by atomic mass is 9.93. The van der Waals surface area contributed by atoms with E-state index in [9.17, 15) is 0 Å². The van der Waals surface area contributed by atoms with E-state index in [-0.39, 0.29) is 0 Å². The largest absolute Gasteiger partial charge is 0.496 e. The number of rotatable bonds is 8. The molecule has 1 aromatic heterocycles. The van der Waals surface area contributed by atoms with Crippen LogP contribution in [0.2, 0.25) is 0 Å². The van der Waals surface area contributed by atoms with Gasteiger partial charge in [0.15, 0.2) is 5.16 Å². The Bertz CT molecular complexity index is 869. The molecule has 1 aromatic carbocycles. The molecular formula is C25H36N4OS. The standard InChI is InChI=1S/C25H36N4OS/c1-19-16-24(30-3)20(2)15-22(19)18-29-12-6-7-21(17-29)23-8-9-26-25(27-23)31-14-13-28-10-4-5-11-28/h8-9,15-16,21H,4-7,10-14,17-18H2,1-3H3/t21-/m1/s1. The summed E-state index contributed by atoms with van der Waals surface area (Å²) in [6.45, 7) is 11.2. The van der Waals surface area contributed by atoms with Gasteiger partial charge < -0.3 is 9.64 Å². The van der Waals surface area contributed by atoms with Crippen LogP contribution in [0.1, 0.15) is 54.0 Å². The van der Waals surface area contributed by atoms with E-state index in [1.165, 1.54) is 61.2 Å². The van der Waals surface area contributed by atoms with Crippen LogP contribution in [0.25, 0.3) is 0 Å². The van der Waals surface area contributed by atoms with Gasteiger partial charge in [0.2, 0.25) is 0 Å². The van der Waals surface area contributed by atoms with Crippen LogP contribution in [0.4, 0.5) is 0 Å². The number of hydrogen-bond acceptors (Lipinski definition) is 6. The van der Waals surface area contributed by atoms with Crippen LogP contribution in [0, 0.1) is 13.8 Å². The van der Waals surface area contributed by atoms with Gasteiger partial charge in [-0.15, -0.1) is 0 Å². The normalized spacial score (nSPS) is 20.3. The van der Waals surface area contributed by atoms with Gasteiger partial charge in [0.25, 0.3) is 0 Å². The summed E-state index contributed by atoms with van der Waals surface area (Å²) in [5.74, 6) is 2.55. The van der Waals surface area contributed by atoms with E-state index in [2.05, 4.69) is 46.8 Å². The number of aromatic nitrogens is 2. The summed E-state index contributed by atoms with van der Waals surface area (Å²) in [5.41, 5.74) is 5.14. The predicted octanol–water partition coefficient (Wildman–Crippen LogP) is 4.67. The van der Waals surface area contributed by atoms with Crippen molar-refractivity contribution >= 4 is 11.8 Å². The van der Waals surface area contributed by atoms with Crippen molar-refractivity contribution in [2.24, 2.45) is 0 Å². The Morgan fingerprint density at radius 1 is 1.06 bits per heavy atom. The van der Waals surface area contributed by atoms with E-state index in [0.717, 1.165) is 42.8 Å². The minimum absolute atomic E-state index is 0.495. The summed E-state index contributed by atoms with van der Waals surface area (Å²) in [5, 5.41) is 0.940. The zero-order valence-corrected chi connectivity index (χ0v) is 20.1. The number of aryl methyl sites for hydroxylation is 2. The minimum Gasteiger partial charge on any atom is -0.496 e. The molecule has 0 amide bonds. The maximum Gasteiger partial charge on any atom is 0.187 e. The highest BCUT2D eigenvalue weighted by molar-refractivity contribution is 7.99. The number of benzene rings is 1. The van der Waals surface area contributed by atoms with Crippen molar-refractivity contribution < 1.29 is 4.74 Å². The van der Waals surface area contributed by atoms with Crippen LogP contribution in [0.15, 0.2) is 29.6 Å². The number of methoxy groups -OCH3 is 1. The van der Waals surface area contributed by atoms with Crippen LogP contribution >= 0.6 is 11.8 Å². The lowest BCUT2D eigenvalue weighted by molar-refractivity contribution is 0.197. The van der Waals surface area contributed by atoms with E-state index in [0.29, 0.717) is 5.92 Å². The second-order valence-corrected chi connectivity index (χ2v) is 10.0. The van der Waals surface area contributed by atoms with Crippen molar-refractivity contribution in [2.45, 2.75) is 57.1 Å². The maximum atomic E-state index is 5.48. The summed E-state index contributed by atoms with van der Waals surface area (Å²) >= 11 is 1.81. The van der Waals surface area contributed by atoms with E-state index in [4.69, 9.17) is 9.72 Å². The Balaban J connectivity index is 1.35. The zero-order chi connectivity index (χ0) is 21.6. The molecule has 2 fully saturated rings. The molecule has 6 heteroatoms. The smallest absolute Gasteiger partial charge is 0.187 e. The number of ether oxygens (including phenoxy) is 1. The van der Waals surface area contributed by atoms with Gasteiger partial charge in [-0.25, -0.2) is 9.97 Å². The van der Waals surface area contributed by atoms with Gasteiger partial charge >= 0.3 is 0 Å². The van der Waals surface area contributed by atoms with E-state index in [1.54, 1.807) is 18.9 Å². The van der Waals surface area contributed by atoms with Gasteiger partial charge in [0, 0.05) is 43.2 Å². The van der Waals surface area contributed by atoms with Gasteiger partial charge in [-0.05, 0) is 88.0 Å². The average molecular weight is 441 g/mol. The van der Waals surface area contributed by atoms with E-state index in [1.807, 2.05) is 6.20 Å². The molecule has 2 aliphatic rings. The highest BCUT2D eigenvalue weighted by Gasteiger charge is 2.23. The quantitative estimate of drug-likeness (QED) is 0.439. The van der Waals surface area contributed by atoms with Gasteiger partial charge in [-0.1, -0.05) is 17.8 Å². The first-order valence-electron chi connectivity index (χ1n) is 11.7. The Morgan fingerprint density at radius 3 is 2.68 bits per heavy atom. The number of thioether (sulfide) groups is 1. The Labute approximate surface area is 191 Å². The van der Waals surface area contributed by atoms with Crippen molar-refractivity contribution in [3.8, 4) is 5.75 Å². The van der Waals surface area contributed by atoms with E-state index >= 15 is 0 Å². The maximum absolute atomic E-state index is 5.48. The highest BCUT2D eigenvalue weighted by atomic mass is 32.2. The lowest BCUT2D eigenvalue weighted by Gasteiger charge is -2.33. The van der Waals surface area contributed by atoms with Crippen LogP contribution < -0.4 is 4.74 Å². The molecule has 0 spiro atoms. The Hall–Kier alpha value is -1.63. The molecule has 0 saturated carbocycles. The molecule has 2 aliphatic heterocycles. The topological polar surface area (TPSA) is 41.5 Å². The van der Waals surface area contributed by atoms with E-state index < -0.39 is 0 Å². The SMILES string of the molecule is COc1cc(C)c(CN2CCC[C@@H](c3ccnc(SCCN4CCCC4)n3)C2)cc1C. The first-order chi connectivity index (χ1) is 15.1. The second-order valence-electron chi connectivity index (χ2n) is 8.98. The van der Waals surface area contributed by atoms with Gasteiger partial charge in [0.1, 0.15) is 5.75 Å². The third-order valence-electron chi connectivity index (χ3n) is 6.66. The second kappa shape index (κ2) is 10.8. The monoisotopic (exact) mass is 440 g/mol. The zero-order valence-electron chi connectivity index (χ0n) is 19.3. The molecule has 2 saturated heterocycles. The molecule has 2 aromatic rings. The summed E-state index contributed by atoms with van der Waals surface area (Å²) in [4.78, 5) is 14.6. The van der Waals surface area contributed by atoms with Crippen molar-refractivity contribution in [3.05, 3.63) is 46.8 Å². The van der Waals surface area contributed by atoms with Crippen molar-refractivity contribution in [1.82, 2.24) is 19.8 Å². The average Bonchev–Trinajstić information content (AvgIpc) is 3.30. The first-order valence-corrected chi connectivity index (χ1v) is 12.7. The number of piperidine rings is 1. The highest BCUT2D eigenvalue weighted by Crippen LogP contribution is 2.29. The van der Waals surface area contributed by atoms with Gasteiger partial charge in [-0.2, -0.15) is 0 Å². The molecule has 0 bridgehead atoms. The number of nitrogens with zero attached hydrogens (tertiary/aromatic N) is 4. The molecule has 5 nitrogen and oxygen atoms in total. The summed E-state index contributed by atoms with van der Waals surface area (Å²) in [7, 11) is 1.75. The molecule has 0 radical (unpaired) electrons. The molecule has 1 atom stereocenters. The Kier molecular flexibility index (Phi) is 7.86. The Morgan fingerprint density at radius 2 is 1.87 bits per heavy atom. The lowest BCUT2D eigenvalue weighted by Crippen LogP contribution is -2.34. The number of likely N-dealkylation sites (tertiary alicyclic amines) is 2. The van der Waals surface area contributed by atoms with Crippen LogP contribution in [0.5, 0.6) is 5.75 Å². The minimum atomic E-state index is 0.495. The fourth-order valence-corrected chi connectivity index (χ4v) is 5.68. The van der Waals surface area contributed by atoms with Crippen molar-refractivity contribution in [2.75, 3.05) is 45.6 Å². The molecular weight excluding hydrogens is 404 g/mol. The molecule has 4 rings (SSSR count). The summed E-state index contributed by atoms with van der Waals surface area (Å²) in [6.07, 6.45) is 7.09. The predicted molar refractivity (Wildman–Crippen MR) is 128 cm³/mol. The fraction of sp³-hybridized carbons (Fsp3) is 0.600. The summed E-state index contributed by atoms with van der Waals surface area (Å²) in [6, 6.07) is 6.58. The molecule has 3 heterocycles. The molecule has 168 valence electrons. The first kappa shape index (κ1) is 22.6. The van der Waals surface area contributed by atoms with Crippen LogP contribution in [-0.2, 0) is 6.54 Å². The molecule has 31 heavy (non-hydrogen) atoms. The number of hydrogen-bond donors (Lipinski definition) is 0. The van der Waals surface area contributed by atoms with Gasteiger partial charge in [-0.3, -0.25) is 4.90 Å². The summed E-state index contributed by atoms with van der Waals surface area (Å²) < 4.78 is 5.48. The molecule has 0 aliphatic carbocycles.